The summed E-state index contributed by atoms with van der Waals surface area (Å²) < 4.78 is 5.67. The summed E-state index contributed by atoms with van der Waals surface area (Å²) in [7, 11) is 1.75. The van der Waals surface area contributed by atoms with Gasteiger partial charge in [-0.25, -0.2) is 0 Å². The van der Waals surface area contributed by atoms with Crippen LogP contribution >= 0.6 is 23.2 Å². The molecule has 2 rings (SSSR count). The van der Waals surface area contributed by atoms with Crippen LogP contribution in [0.1, 0.15) is 39.0 Å². The highest BCUT2D eigenvalue weighted by Gasteiger charge is 2.56. The van der Waals surface area contributed by atoms with Gasteiger partial charge in [0.2, 0.25) is 0 Å². The van der Waals surface area contributed by atoms with Crippen molar-refractivity contribution < 1.29 is 4.74 Å². The van der Waals surface area contributed by atoms with Crippen molar-refractivity contribution >= 4 is 23.2 Å². The van der Waals surface area contributed by atoms with E-state index in [4.69, 9.17) is 27.9 Å². The Balaban J connectivity index is 2.16. The van der Waals surface area contributed by atoms with Gasteiger partial charge in [-0.05, 0) is 44.3 Å². The SMILES string of the molecule is CO[C@@](C)(CC1=C(Cl)C=CCC1)C1(Cl)CC1. The minimum atomic E-state index is -0.283. The molecule has 0 aromatic heterocycles. The van der Waals surface area contributed by atoms with Gasteiger partial charge in [0.25, 0.3) is 0 Å². The third kappa shape index (κ3) is 2.18. The number of rotatable bonds is 4. The monoisotopic (exact) mass is 260 g/mol. The summed E-state index contributed by atoms with van der Waals surface area (Å²) in [4.78, 5) is -0.174. The summed E-state index contributed by atoms with van der Waals surface area (Å²) >= 11 is 12.7. The molecule has 1 atom stereocenters. The van der Waals surface area contributed by atoms with Gasteiger partial charge in [0.05, 0.1) is 10.5 Å². The summed E-state index contributed by atoms with van der Waals surface area (Å²) in [6, 6.07) is 0. The zero-order chi connectivity index (χ0) is 11.8. The van der Waals surface area contributed by atoms with E-state index in [1.807, 2.05) is 6.08 Å². The third-order valence-corrected chi connectivity index (χ3v) is 5.02. The van der Waals surface area contributed by atoms with Crippen molar-refractivity contribution in [2.75, 3.05) is 7.11 Å². The molecule has 0 saturated heterocycles. The van der Waals surface area contributed by atoms with Gasteiger partial charge in [0.1, 0.15) is 0 Å². The lowest BCUT2D eigenvalue weighted by atomic mass is 9.87. The average Bonchev–Trinajstić information content (AvgIpc) is 3.01. The number of hydrogen-bond acceptors (Lipinski definition) is 1. The molecule has 0 amide bonds. The van der Waals surface area contributed by atoms with Gasteiger partial charge in [-0.1, -0.05) is 17.7 Å². The molecule has 0 N–H and O–H groups in total. The number of methoxy groups -OCH3 is 1. The molecule has 0 bridgehead atoms. The van der Waals surface area contributed by atoms with Crippen molar-refractivity contribution in [2.45, 2.75) is 49.5 Å². The van der Waals surface area contributed by atoms with Crippen LogP contribution in [0.25, 0.3) is 0 Å². The average molecular weight is 261 g/mol. The predicted octanol–water partition coefficient (Wildman–Crippen LogP) is 4.40. The minimum absolute atomic E-state index is 0.174. The van der Waals surface area contributed by atoms with E-state index < -0.39 is 0 Å². The smallest absolute Gasteiger partial charge is 0.0879 e. The molecular weight excluding hydrogens is 243 g/mol. The highest BCUT2D eigenvalue weighted by atomic mass is 35.5. The van der Waals surface area contributed by atoms with Crippen LogP contribution in [0.3, 0.4) is 0 Å². The molecule has 0 aliphatic heterocycles. The van der Waals surface area contributed by atoms with Crippen molar-refractivity contribution in [1.29, 1.82) is 0 Å². The summed E-state index contributed by atoms with van der Waals surface area (Å²) in [5, 5.41) is 0.871. The molecular formula is C13H18Cl2O. The molecule has 2 aliphatic carbocycles. The highest BCUT2D eigenvalue weighted by molar-refractivity contribution is 6.31. The fourth-order valence-corrected chi connectivity index (χ4v) is 2.80. The number of halogens is 2. The van der Waals surface area contributed by atoms with Crippen LogP contribution in [0.15, 0.2) is 22.8 Å². The molecule has 3 heteroatoms. The van der Waals surface area contributed by atoms with Crippen LogP contribution in [-0.4, -0.2) is 17.6 Å². The van der Waals surface area contributed by atoms with Crippen molar-refractivity contribution in [1.82, 2.24) is 0 Å². The number of ether oxygens (including phenoxy) is 1. The predicted molar refractivity (Wildman–Crippen MR) is 69.1 cm³/mol. The fraction of sp³-hybridized carbons (Fsp3) is 0.692. The molecule has 1 saturated carbocycles. The van der Waals surface area contributed by atoms with Crippen molar-refractivity contribution in [2.24, 2.45) is 0 Å². The standard InChI is InChI=1S/C13H18Cl2O/c1-12(16-2,13(15)7-8-13)9-10-5-3-4-6-11(10)14/h4,6H,3,5,7-9H2,1-2H3/t12-/m0/s1. The Bertz CT molecular complexity index is 342. The quantitative estimate of drug-likeness (QED) is 0.682. The molecule has 0 heterocycles. The molecule has 16 heavy (non-hydrogen) atoms. The fourth-order valence-electron chi connectivity index (χ4n) is 2.31. The first kappa shape index (κ1) is 12.5. The van der Waals surface area contributed by atoms with Gasteiger partial charge in [0, 0.05) is 18.6 Å². The van der Waals surface area contributed by atoms with Crippen molar-refractivity contribution in [3.8, 4) is 0 Å². The second kappa shape index (κ2) is 4.36. The van der Waals surface area contributed by atoms with E-state index in [1.165, 1.54) is 5.57 Å². The Hall–Kier alpha value is 0.0200. The number of alkyl halides is 1. The van der Waals surface area contributed by atoms with Crippen LogP contribution < -0.4 is 0 Å². The van der Waals surface area contributed by atoms with Crippen LogP contribution in [-0.2, 0) is 4.74 Å². The number of hydrogen-bond donors (Lipinski definition) is 0. The first-order valence-corrected chi connectivity index (χ1v) is 6.54. The van der Waals surface area contributed by atoms with E-state index in [1.54, 1.807) is 7.11 Å². The topological polar surface area (TPSA) is 9.23 Å². The van der Waals surface area contributed by atoms with Gasteiger partial charge in [-0.3, -0.25) is 0 Å². The number of allylic oxidation sites excluding steroid dienone is 3. The maximum atomic E-state index is 6.51. The van der Waals surface area contributed by atoms with E-state index in [9.17, 15) is 0 Å². The van der Waals surface area contributed by atoms with Gasteiger partial charge in [-0.2, -0.15) is 0 Å². The molecule has 0 aromatic rings. The van der Waals surface area contributed by atoms with Crippen molar-refractivity contribution in [3.63, 3.8) is 0 Å². The molecule has 2 aliphatic rings. The Labute approximate surface area is 107 Å². The molecule has 1 nitrogen and oxygen atoms in total. The zero-order valence-electron chi connectivity index (χ0n) is 9.85. The Morgan fingerprint density at radius 1 is 1.50 bits per heavy atom. The van der Waals surface area contributed by atoms with E-state index in [-0.39, 0.29) is 10.5 Å². The second-order valence-corrected chi connectivity index (χ2v) is 6.10. The van der Waals surface area contributed by atoms with Crippen LogP contribution in [0, 0.1) is 0 Å². The van der Waals surface area contributed by atoms with E-state index in [0.29, 0.717) is 0 Å². The van der Waals surface area contributed by atoms with Crippen LogP contribution in [0.2, 0.25) is 0 Å². The summed E-state index contributed by atoms with van der Waals surface area (Å²) in [6.07, 6.45) is 9.13. The molecule has 0 radical (unpaired) electrons. The van der Waals surface area contributed by atoms with Crippen LogP contribution in [0.5, 0.6) is 0 Å². The maximum absolute atomic E-state index is 6.51. The van der Waals surface area contributed by atoms with Gasteiger partial charge in [-0.15, -0.1) is 11.6 Å². The van der Waals surface area contributed by atoms with Crippen LogP contribution in [0.4, 0.5) is 0 Å². The summed E-state index contributed by atoms with van der Waals surface area (Å²) in [5.41, 5.74) is 0.996. The first-order valence-electron chi connectivity index (χ1n) is 5.79. The Kier molecular flexibility index (Phi) is 3.40. The zero-order valence-corrected chi connectivity index (χ0v) is 11.4. The van der Waals surface area contributed by atoms with E-state index >= 15 is 0 Å². The second-order valence-electron chi connectivity index (χ2n) is 4.97. The lowest BCUT2D eigenvalue weighted by Crippen LogP contribution is -2.40. The molecule has 0 unspecified atom stereocenters. The third-order valence-electron chi connectivity index (χ3n) is 3.85. The highest BCUT2D eigenvalue weighted by Crippen LogP contribution is 2.55. The van der Waals surface area contributed by atoms with E-state index in [2.05, 4.69) is 13.0 Å². The van der Waals surface area contributed by atoms with Gasteiger partial charge < -0.3 is 4.74 Å². The van der Waals surface area contributed by atoms with Gasteiger partial charge in [0.15, 0.2) is 0 Å². The normalized spacial score (nSPS) is 26.8. The van der Waals surface area contributed by atoms with Gasteiger partial charge >= 0.3 is 0 Å². The lowest BCUT2D eigenvalue weighted by molar-refractivity contribution is -0.00443. The summed E-state index contributed by atoms with van der Waals surface area (Å²) in [6.45, 7) is 2.10. The summed E-state index contributed by atoms with van der Waals surface area (Å²) in [5.74, 6) is 0. The molecule has 90 valence electrons. The Morgan fingerprint density at radius 3 is 2.69 bits per heavy atom. The molecule has 0 aromatic carbocycles. The largest absolute Gasteiger partial charge is 0.376 e. The molecule has 1 fully saturated rings. The maximum Gasteiger partial charge on any atom is 0.0879 e. The molecule has 0 spiro atoms. The van der Waals surface area contributed by atoms with Crippen molar-refractivity contribution in [3.05, 3.63) is 22.8 Å². The first-order chi connectivity index (χ1) is 7.51. The lowest BCUT2D eigenvalue weighted by Gasteiger charge is -2.34. The Morgan fingerprint density at radius 2 is 2.19 bits per heavy atom. The minimum Gasteiger partial charge on any atom is -0.376 e. The van der Waals surface area contributed by atoms with E-state index in [0.717, 1.165) is 37.1 Å².